The molecule has 0 aromatic carbocycles. The van der Waals surface area contributed by atoms with Crippen molar-refractivity contribution in [3.8, 4) is 0 Å². The largest absolute Gasteiger partial charge is 0.335 e. The SMILES string of the molecule is CS(=O)(=O)N1C[C@@H]2CNC[C@]2(C(=O)N2CC=CC2)C1. The Hall–Kier alpha value is -0.920. The normalized spacial score (nSPS) is 35.0. The van der Waals surface area contributed by atoms with E-state index in [-0.39, 0.29) is 11.8 Å². The molecule has 106 valence electrons. The van der Waals surface area contributed by atoms with E-state index in [4.69, 9.17) is 0 Å². The monoisotopic (exact) mass is 285 g/mol. The summed E-state index contributed by atoms with van der Waals surface area (Å²) in [4.78, 5) is 14.6. The average Bonchev–Trinajstić information content (AvgIpc) is 3.02. The number of rotatable bonds is 2. The second kappa shape index (κ2) is 4.29. The lowest BCUT2D eigenvalue weighted by molar-refractivity contribution is -0.140. The highest BCUT2D eigenvalue weighted by Gasteiger charge is 2.57. The molecule has 3 rings (SSSR count). The summed E-state index contributed by atoms with van der Waals surface area (Å²) in [6, 6.07) is 0. The predicted molar refractivity (Wildman–Crippen MR) is 70.9 cm³/mol. The van der Waals surface area contributed by atoms with Crippen molar-refractivity contribution in [3.05, 3.63) is 12.2 Å². The fourth-order valence-corrected chi connectivity index (χ4v) is 4.30. The molecule has 1 amide bonds. The highest BCUT2D eigenvalue weighted by Crippen LogP contribution is 2.41. The zero-order chi connectivity index (χ0) is 13.7. The molecule has 2 atom stereocenters. The number of carbonyl (C=O) groups is 1. The standard InChI is InChI=1S/C12H19N3O3S/c1-19(17,18)15-7-10-6-13-8-12(10,9-15)11(16)14-4-2-3-5-14/h2-3,10,13H,4-9H2,1H3/t10-,12-/m0/s1. The molecule has 3 aliphatic heterocycles. The topological polar surface area (TPSA) is 69.7 Å². The highest BCUT2D eigenvalue weighted by molar-refractivity contribution is 7.88. The van der Waals surface area contributed by atoms with Crippen LogP contribution in [0.15, 0.2) is 12.2 Å². The van der Waals surface area contributed by atoms with Gasteiger partial charge in [-0.2, -0.15) is 0 Å². The molecule has 2 fully saturated rings. The first-order valence-electron chi connectivity index (χ1n) is 6.54. The minimum atomic E-state index is -3.22. The van der Waals surface area contributed by atoms with E-state index in [1.54, 1.807) is 0 Å². The zero-order valence-corrected chi connectivity index (χ0v) is 11.8. The zero-order valence-electron chi connectivity index (χ0n) is 11.0. The van der Waals surface area contributed by atoms with Gasteiger partial charge in [0.2, 0.25) is 15.9 Å². The summed E-state index contributed by atoms with van der Waals surface area (Å²) in [5.74, 6) is 0.189. The number of fused-ring (bicyclic) bond motifs is 1. The molecule has 1 N–H and O–H groups in total. The van der Waals surface area contributed by atoms with Gasteiger partial charge in [0.25, 0.3) is 0 Å². The third-order valence-electron chi connectivity index (χ3n) is 4.50. The van der Waals surface area contributed by atoms with Crippen LogP contribution in [0.25, 0.3) is 0 Å². The van der Waals surface area contributed by atoms with E-state index in [1.807, 2.05) is 17.1 Å². The van der Waals surface area contributed by atoms with E-state index in [9.17, 15) is 13.2 Å². The van der Waals surface area contributed by atoms with E-state index in [1.165, 1.54) is 10.6 Å². The molecular formula is C12H19N3O3S. The van der Waals surface area contributed by atoms with Gasteiger partial charge in [-0.15, -0.1) is 0 Å². The highest BCUT2D eigenvalue weighted by atomic mass is 32.2. The number of nitrogens with one attached hydrogen (secondary N) is 1. The summed E-state index contributed by atoms with van der Waals surface area (Å²) in [6.45, 7) is 3.37. The Labute approximate surface area is 113 Å². The van der Waals surface area contributed by atoms with Gasteiger partial charge < -0.3 is 10.2 Å². The van der Waals surface area contributed by atoms with Crippen molar-refractivity contribution in [2.24, 2.45) is 11.3 Å². The summed E-state index contributed by atoms with van der Waals surface area (Å²) in [5.41, 5.74) is -0.560. The maximum absolute atomic E-state index is 12.7. The minimum absolute atomic E-state index is 0.0929. The Morgan fingerprint density at radius 2 is 2.05 bits per heavy atom. The van der Waals surface area contributed by atoms with Gasteiger partial charge in [0.1, 0.15) is 0 Å². The van der Waals surface area contributed by atoms with Gasteiger partial charge in [-0.1, -0.05) is 12.2 Å². The molecule has 6 nitrogen and oxygen atoms in total. The Kier molecular flexibility index (Phi) is 2.95. The second-order valence-corrected chi connectivity index (χ2v) is 7.70. The minimum Gasteiger partial charge on any atom is -0.335 e. The van der Waals surface area contributed by atoms with Crippen LogP contribution in [0, 0.1) is 11.3 Å². The summed E-state index contributed by atoms with van der Waals surface area (Å²) in [7, 11) is -3.22. The molecule has 0 aliphatic carbocycles. The Bertz CT molecular complexity index is 522. The third kappa shape index (κ3) is 2.00. The molecule has 3 heterocycles. The van der Waals surface area contributed by atoms with Gasteiger partial charge in [0.15, 0.2) is 0 Å². The number of carbonyl (C=O) groups excluding carboxylic acids is 1. The second-order valence-electron chi connectivity index (χ2n) is 5.72. The van der Waals surface area contributed by atoms with Crippen molar-refractivity contribution < 1.29 is 13.2 Å². The van der Waals surface area contributed by atoms with Gasteiger partial charge in [0, 0.05) is 45.2 Å². The van der Waals surface area contributed by atoms with Crippen LogP contribution in [0.2, 0.25) is 0 Å². The molecule has 7 heteroatoms. The molecular weight excluding hydrogens is 266 g/mol. The van der Waals surface area contributed by atoms with Gasteiger partial charge in [0.05, 0.1) is 11.7 Å². The quantitative estimate of drug-likeness (QED) is 0.652. The van der Waals surface area contributed by atoms with E-state index in [2.05, 4.69) is 5.32 Å². The fourth-order valence-electron chi connectivity index (χ4n) is 3.39. The van der Waals surface area contributed by atoms with Gasteiger partial charge >= 0.3 is 0 Å². The number of amides is 1. The van der Waals surface area contributed by atoms with E-state index in [0.717, 1.165) is 6.54 Å². The fraction of sp³-hybridized carbons (Fsp3) is 0.750. The summed E-state index contributed by atoms with van der Waals surface area (Å²) in [6.07, 6.45) is 5.18. The van der Waals surface area contributed by atoms with Crippen LogP contribution in [-0.2, 0) is 14.8 Å². The molecule has 0 saturated carbocycles. The van der Waals surface area contributed by atoms with Crippen molar-refractivity contribution in [2.45, 2.75) is 0 Å². The molecule has 19 heavy (non-hydrogen) atoms. The van der Waals surface area contributed by atoms with Crippen LogP contribution >= 0.6 is 0 Å². The molecule has 0 radical (unpaired) electrons. The van der Waals surface area contributed by atoms with Gasteiger partial charge in [-0.25, -0.2) is 12.7 Å². The van der Waals surface area contributed by atoms with Gasteiger partial charge in [-0.05, 0) is 0 Å². The number of hydrogen-bond acceptors (Lipinski definition) is 4. The van der Waals surface area contributed by atoms with Crippen LogP contribution in [0.1, 0.15) is 0 Å². The predicted octanol–water partition coefficient (Wildman–Crippen LogP) is -1.13. The lowest BCUT2D eigenvalue weighted by atomic mass is 9.79. The van der Waals surface area contributed by atoms with Crippen molar-refractivity contribution in [2.75, 3.05) is 45.5 Å². The van der Waals surface area contributed by atoms with Crippen molar-refractivity contribution in [1.82, 2.24) is 14.5 Å². The molecule has 0 spiro atoms. The van der Waals surface area contributed by atoms with Crippen LogP contribution in [0.4, 0.5) is 0 Å². The van der Waals surface area contributed by atoms with Crippen LogP contribution in [-0.4, -0.2) is 69.1 Å². The molecule has 0 aromatic rings. The molecule has 0 bridgehead atoms. The molecule has 2 saturated heterocycles. The Morgan fingerprint density at radius 1 is 1.37 bits per heavy atom. The Balaban J connectivity index is 1.86. The third-order valence-corrected chi connectivity index (χ3v) is 5.71. The van der Waals surface area contributed by atoms with E-state index in [0.29, 0.717) is 32.7 Å². The smallest absolute Gasteiger partial charge is 0.232 e. The van der Waals surface area contributed by atoms with Crippen molar-refractivity contribution >= 4 is 15.9 Å². The van der Waals surface area contributed by atoms with Crippen molar-refractivity contribution in [3.63, 3.8) is 0 Å². The Morgan fingerprint density at radius 3 is 2.68 bits per heavy atom. The first-order valence-corrected chi connectivity index (χ1v) is 8.38. The molecule has 0 aromatic heterocycles. The maximum Gasteiger partial charge on any atom is 0.232 e. The van der Waals surface area contributed by atoms with Crippen LogP contribution in [0.5, 0.6) is 0 Å². The lowest BCUT2D eigenvalue weighted by Gasteiger charge is -2.31. The van der Waals surface area contributed by atoms with Crippen LogP contribution in [0.3, 0.4) is 0 Å². The lowest BCUT2D eigenvalue weighted by Crippen LogP contribution is -2.48. The number of sulfonamides is 1. The molecule has 3 aliphatic rings. The molecule has 0 unspecified atom stereocenters. The van der Waals surface area contributed by atoms with Gasteiger partial charge in [-0.3, -0.25) is 4.79 Å². The van der Waals surface area contributed by atoms with Crippen molar-refractivity contribution in [1.29, 1.82) is 0 Å². The average molecular weight is 285 g/mol. The van der Waals surface area contributed by atoms with Crippen LogP contribution < -0.4 is 5.32 Å². The summed E-state index contributed by atoms with van der Waals surface area (Å²) in [5, 5.41) is 3.25. The number of nitrogens with zero attached hydrogens (tertiary/aromatic N) is 2. The maximum atomic E-state index is 12.7. The van der Waals surface area contributed by atoms with E-state index >= 15 is 0 Å². The van der Waals surface area contributed by atoms with E-state index < -0.39 is 15.4 Å². The summed E-state index contributed by atoms with van der Waals surface area (Å²) >= 11 is 0. The summed E-state index contributed by atoms with van der Waals surface area (Å²) < 4.78 is 24.9. The first kappa shape index (κ1) is 13.1. The number of hydrogen-bond donors (Lipinski definition) is 1. The first-order chi connectivity index (χ1) is 8.93.